The van der Waals surface area contributed by atoms with Crippen LogP contribution in [0.5, 0.6) is 0 Å². The van der Waals surface area contributed by atoms with E-state index < -0.39 is 17.3 Å². The molecule has 3 nitrogen and oxygen atoms in total. The average molecular weight is 389 g/mol. The number of nitrogens with one attached hydrogen (secondary N) is 1. The summed E-state index contributed by atoms with van der Waals surface area (Å²) in [4.78, 5) is 18.5. The molecule has 25 heavy (non-hydrogen) atoms. The number of alkyl halides is 4. The minimum absolute atomic E-state index is 0.128. The number of H-pyrrole nitrogens is 1. The average Bonchev–Trinajstić information content (AvgIpc) is 2.56. The van der Waals surface area contributed by atoms with E-state index in [2.05, 4.69) is 9.97 Å². The largest absolute Gasteiger partial charge is 0.424 e. The molecule has 3 rings (SSSR count). The van der Waals surface area contributed by atoms with Crippen molar-refractivity contribution in [1.82, 2.24) is 9.97 Å². The quantitative estimate of drug-likeness (QED) is 0.588. The first-order valence-corrected chi connectivity index (χ1v) is 9.25. The van der Waals surface area contributed by atoms with Crippen molar-refractivity contribution in [2.24, 2.45) is 0 Å². The summed E-state index contributed by atoms with van der Waals surface area (Å²) in [6.45, 7) is 0. The summed E-state index contributed by atoms with van der Waals surface area (Å²) in [6.07, 6.45) is -1.42. The van der Waals surface area contributed by atoms with E-state index in [0.29, 0.717) is 12.0 Å². The van der Waals surface area contributed by atoms with Crippen LogP contribution in [0.3, 0.4) is 0 Å². The first kappa shape index (κ1) is 18.3. The van der Waals surface area contributed by atoms with E-state index in [-0.39, 0.29) is 21.5 Å². The zero-order chi connectivity index (χ0) is 18.0. The molecule has 8 heteroatoms. The van der Waals surface area contributed by atoms with Gasteiger partial charge in [0.25, 0.3) is 5.56 Å². The van der Waals surface area contributed by atoms with Gasteiger partial charge in [0.15, 0.2) is 5.56 Å². The third-order valence-corrected chi connectivity index (χ3v) is 6.16. The monoisotopic (exact) mass is 388 g/mol. The number of hydrogen-bond donors (Lipinski definition) is 1. The summed E-state index contributed by atoms with van der Waals surface area (Å²) >= 11 is 7.25. The fourth-order valence-electron chi connectivity index (χ4n) is 2.85. The van der Waals surface area contributed by atoms with Crippen molar-refractivity contribution < 1.29 is 13.2 Å². The smallest absolute Gasteiger partial charge is 0.306 e. The van der Waals surface area contributed by atoms with E-state index >= 15 is 0 Å². The second kappa shape index (κ2) is 7.41. The zero-order valence-electron chi connectivity index (χ0n) is 13.1. The molecule has 0 radical (unpaired) electrons. The second-order valence-corrected chi connectivity index (χ2v) is 7.70. The van der Waals surface area contributed by atoms with Crippen molar-refractivity contribution in [3.8, 4) is 11.4 Å². The minimum atomic E-state index is -4.77. The molecular weight excluding hydrogens is 373 g/mol. The number of aromatic amines is 1. The van der Waals surface area contributed by atoms with E-state index in [1.807, 2.05) is 0 Å². The molecule has 0 amide bonds. The van der Waals surface area contributed by atoms with Gasteiger partial charge in [-0.05, 0) is 12.8 Å². The Morgan fingerprint density at radius 2 is 1.84 bits per heavy atom. The number of nitrogens with zero attached hydrogens (tertiary/aromatic N) is 1. The molecule has 134 valence electrons. The minimum Gasteiger partial charge on any atom is -0.306 e. The van der Waals surface area contributed by atoms with Gasteiger partial charge in [-0.25, -0.2) is 4.98 Å². The number of halogens is 4. The Kier molecular flexibility index (Phi) is 5.43. The first-order chi connectivity index (χ1) is 11.9. The third-order valence-electron chi connectivity index (χ3n) is 4.10. The third kappa shape index (κ3) is 4.20. The molecular formula is C17H16ClF3N2OS. The highest BCUT2D eigenvalue weighted by molar-refractivity contribution is 8.00. The van der Waals surface area contributed by atoms with Crippen molar-refractivity contribution in [3.63, 3.8) is 0 Å². The van der Waals surface area contributed by atoms with Gasteiger partial charge in [0.1, 0.15) is 10.9 Å². The summed E-state index contributed by atoms with van der Waals surface area (Å²) in [5.74, 6) is 0.128. The summed E-state index contributed by atoms with van der Waals surface area (Å²) in [6, 6.07) is 8.61. The highest BCUT2D eigenvalue weighted by Crippen LogP contribution is 2.40. The van der Waals surface area contributed by atoms with Crippen LogP contribution in [0.25, 0.3) is 11.4 Å². The normalized spacial score (nSPS) is 21.3. The molecule has 0 saturated heterocycles. The Bertz CT molecular complexity index is 795. The Morgan fingerprint density at radius 1 is 1.16 bits per heavy atom. The molecule has 1 N–H and O–H groups in total. The van der Waals surface area contributed by atoms with E-state index in [0.717, 1.165) is 31.0 Å². The molecule has 2 aromatic rings. The highest BCUT2D eigenvalue weighted by atomic mass is 35.5. The number of thioether (sulfide) groups is 1. The molecule has 1 aliphatic carbocycles. The van der Waals surface area contributed by atoms with Crippen LogP contribution in [0.4, 0.5) is 13.2 Å². The topological polar surface area (TPSA) is 45.8 Å². The van der Waals surface area contributed by atoms with Crippen LogP contribution < -0.4 is 5.56 Å². The predicted octanol–water partition coefficient (Wildman–Crippen LogP) is 5.10. The molecule has 1 aromatic heterocycles. The van der Waals surface area contributed by atoms with Crippen LogP contribution >= 0.6 is 23.4 Å². The maximum atomic E-state index is 13.4. The first-order valence-electron chi connectivity index (χ1n) is 7.94. The Hall–Kier alpha value is -1.47. The summed E-state index contributed by atoms with van der Waals surface area (Å²) in [5, 5.41) is -0.705. The van der Waals surface area contributed by atoms with Crippen LogP contribution in [0.15, 0.2) is 40.2 Å². The van der Waals surface area contributed by atoms with Crippen molar-refractivity contribution in [1.29, 1.82) is 0 Å². The fraction of sp³-hybridized carbons (Fsp3) is 0.412. The molecule has 0 aliphatic heterocycles. The van der Waals surface area contributed by atoms with Gasteiger partial charge in [-0.2, -0.15) is 13.2 Å². The Labute approximate surface area is 152 Å². The van der Waals surface area contributed by atoms with Gasteiger partial charge < -0.3 is 4.98 Å². The van der Waals surface area contributed by atoms with Crippen molar-refractivity contribution in [3.05, 3.63) is 46.2 Å². The molecule has 2 unspecified atom stereocenters. The van der Waals surface area contributed by atoms with Gasteiger partial charge in [-0.1, -0.05) is 43.2 Å². The van der Waals surface area contributed by atoms with Gasteiger partial charge in [0, 0.05) is 16.2 Å². The summed E-state index contributed by atoms with van der Waals surface area (Å²) < 4.78 is 40.2. The van der Waals surface area contributed by atoms with Crippen LogP contribution in [0, 0.1) is 0 Å². The SMILES string of the molecule is O=c1[nH]c(-c2ccccc2)nc(SC2CCCCC2Cl)c1C(F)(F)F. The maximum Gasteiger partial charge on any atom is 0.424 e. The van der Waals surface area contributed by atoms with Crippen molar-refractivity contribution in [2.45, 2.75) is 47.5 Å². The van der Waals surface area contributed by atoms with Crippen LogP contribution in [-0.2, 0) is 6.18 Å². The van der Waals surface area contributed by atoms with Gasteiger partial charge >= 0.3 is 6.18 Å². The summed E-state index contributed by atoms with van der Waals surface area (Å²) in [7, 11) is 0. The second-order valence-electron chi connectivity index (χ2n) is 5.92. The van der Waals surface area contributed by atoms with Gasteiger partial charge in [-0.3, -0.25) is 4.79 Å². The Balaban J connectivity index is 2.06. The molecule has 1 fully saturated rings. The molecule has 0 bridgehead atoms. The van der Waals surface area contributed by atoms with Crippen molar-refractivity contribution >= 4 is 23.4 Å². The summed E-state index contributed by atoms with van der Waals surface area (Å²) in [5.41, 5.74) is -1.86. The van der Waals surface area contributed by atoms with Gasteiger partial charge in [0.2, 0.25) is 0 Å². The lowest BCUT2D eigenvalue weighted by atomic mass is 10.00. The molecule has 1 saturated carbocycles. The van der Waals surface area contributed by atoms with E-state index in [1.165, 1.54) is 0 Å². The van der Waals surface area contributed by atoms with Crippen LogP contribution in [-0.4, -0.2) is 20.6 Å². The molecule has 1 heterocycles. The number of aromatic nitrogens is 2. The van der Waals surface area contributed by atoms with E-state index in [4.69, 9.17) is 11.6 Å². The zero-order valence-corrected chi connectivity index (χ0v) is 14.7. The van der Waals surface area contributed by atoms with Gasteiger partial charge in [0.05, 0.1) is 0 Å². The number of hydrogen-bond acceptors (Lipinski definition) is 3. The lowest BCUT2D eigenvalue weighted by Gasteiger charge is -2.26. The van der Waals surface area contributed by atoms with E-state index in [1.54, 1.807) is 30.3 Å². The van der Waals surface area contributed by atoms with Gasteiger partial charge in [-0.15, -0.1) is 23.4 Å². The Morgan fingerprint density at radius 3 is 2.48 bits per heavy atom. The highest BCUT2D eigenvalue weighted by Gasteiger charge is 2.39. The van der Waals surface area contributed by atoms with Crippen LogP contribution in [0.2, 0.25) is 0 Å². The lowest BCUT2D eigenvalue weighted by Crippen LogP contribution is -2.27. The van der Waals surface area contributed by atoms with Crippen molar-refractivity contribution in [2.75, 3.05) is 0 Å². The molecule has 1 aromatic carbocycles. The van der Waals surface area contributed by atoms with Crippen LogP contribution in [0.1, 0.15) is 31.2 Å². The predicted molar refractivity (Wildman–Crippen MR) is 93.0 cm³/mol. The lowest BCUT2D eigenvalue weighted by molar-refractivity contribution is -0.141. The fourth-order valence-corrected chi connectivity index (χ4v) is 4.61. The molecule has 0 spiro atoms. The number of benzene rings is 1. The standard InChI is InChI=1S/C17H16ClF3N2OS/c18-11-8-4-5-9-12(11)25-16-13(17(19,20)21)15(24)22-14(23-16)10-6-2-1-3-7-10/h1-3,6-7,11-12H,4-5,8-9H2,(H,22,23,24). The molecule has 1 aliphatic rings. The molecule has 2 atom stereocenters. The van der Waals surface area contributed by atoms with E-state index in [9.17, 15) is 18.0 Å². The number of rotatable bonds is 3. The maximum absolute atomic E-state index is 13.4.